The molecule has 3 heterocycles. The molecule has 0 saturated carbocycles. The van der Waals surface area contributed by atoms with Crippen LogP contribution in [-0.2, 0) is 17.8 Å². The molecule has 2 aliphatic heterocycles. The van der Waals surface area contributed by atoms with Gasteiger partial charge < -0.3 is 14.4 Å². The summed E-state index contributed by atoms with van der Waals surface area (Å²) in [7, 11) is 0. The van der Waals surface area contributed by atoms with E-state index in [0.717, 1.165) is 53.1 Å². The number of carbonyl (C=O) groups is 1. The third-order valence-electron chi connectivity index (χ3n) is 6.62. The van der Waals surface area contributed by atoms with E-state index in [0.29, 0.717) is 25.3 Å². The summed E-state index contributed by atoms with van der Waals surface area (Å²) in [4.78, 5) is 22.7. The van der Waals surface area contributed by atoms with Crippen molar-refractivity contribution in [2.45, 2.75) is 53.0 Å². The average Bonchev–Trinajstić information content (AvgIpc) is 3.00. The van der Waals surface area contributed by atoms with E-state index in [1.807, 2.05) is 36.9 Å². The number of pyridine rings is 1. The van der Waals surface area contributed by atoms with Gasteiger partial charge in [0.05, 0.1) is 29.8 Å². The minimum Gasteiger partial charge on any atom is -0.491 e. The van der Waals surface area contributed by atoms with Crippen molar-refractivity contribution in [3.8, 4) is 5.75 Å². The zero-order chi connectivity index (χ0) is 23.8. The first-order chi connectivity index (χ1) is 16.4. The summed E-state index contributed by atoms with van der Waals surface area (Å²) >= 11 is 0. The van der Waals surface area contributed by atoms with E-state index < -0.39 is 0 Å². The number of amides is 1. The minimum atomic E-state index is 0.0266. The van der Waals surface area contributed by atoms with Gasteiger partial charge in [-0.25, -0.2) is 0 Å². The second-order valence-corrected chi connectivity index (χ2v) is 9.80. The smallest absolute Gasteiger partial charge is 0.255 e. The highest BCUT2D eigenvalue weighted by Gasteiger charge is 2.25. The fraction of sp³-hybridized carbons (Fsp3) is 0.429. The molecule has 0 spiro atoms. The van der Waals surface area contributed by atoms with Gasteiger partial charge in [-0.05, 0) is 63.6 Å². The van der Waals surface area contributed by atoms with Gasteiger partial charge in [0.15, 0.2) is 0 Å². The highest BCUT2D eigenvalue weighted by Crippen LogP contribution is 2.28. The summed E-state index contributed by atoms with van der Waals surface area (Å²) in [5.41, 5.74) is 5.83. The zero-order valence-corrected chi connectivity index (χ0v) is 20.5. The van der Waals surface area contributed by atoms with Gasteiger partial charge in [0.2, 0.25) is 0 Å². The molecule has 0 N–H and O–H groups in total. The summed E-state index contributed by atoms with van der Waals surface area (Å²) in [5.74, 6) is 0.896. The number of benzene rings is 2. The first-order valence-corrected chi connectivity index (χ1v) is 12.2. The van der Waals surface area contributed by atoms with Crippen LogP contribution in [0.25, 0.3) is 10.9 Å². The summed E-state index contributed by atoms with van der Waals surface area (Å²) in [5, 5.41) is 0.908. The summed E-state index contributed by atoms with van der Waals surface area (Å²) in [6, 6.07) is 14.4. The number of fused-ring (bicyclic) bond motifs is 2. The molecule has 0 aliphatic carbocycles. The SMILES string of the molecule is Cc1ccc2nc(C)cc(C(=O)N3CCOc4ccc(CN5C[C@@H](C)O[C@@H](C)C5)cc4C3)c2c1. The monoisotopic (exact) mass is 459 g/mol. The Labute approximate surface area is 201 Å². The van der Waals surface area contributed by atoms with Crippen LogP contribution in [0.2, 0.25) is 0 Å². The van der Waals surface area contributed by atoms with Crippen LogP contribution >= 0.6 is 0 Å². The van der Waals surface area contributed by atoms with Gasteiger partial charge in [0, 0.05) is 42.8 Å². The molecule has 1 amide bonds. The van der Waals surface area contributed by atoms with E-state index in [4.69, 9.17) is 9.47 Å². The third kappa shape index (κ3) is 4.79. The van der Waals surface area contributed by atoms with Crippen molar-refractivity contribution in [1.82, 2.24) is 14.8 Å². The van der Waals surface area contributed by atoms with Gasteiger partial charge in [-0.2, -0.15) is 0 Å². The molecule has 2 aliphatic rings. The van der Waals surface area contributed by atoms with E-state index >= 15 is 0 Å². The van der Waals surface area contributed by atoms with Gasteiger partial charge in [-0.15, -0.1) is 0 Å². The highest BCUT2D eigenvalue weighted by molar-refractivity contribution is 6.06. The Kier molecular flexibility index (Phi) is 6.28. The minimum absolute atomic E-state index is 0.0266. The maximum atomic E-state index is 13.7. The van der Waals surface area contributed by atoms with Crippen molar-refractivity contribution in [2.75, 3.05) is 26.2 Å². The van der Waals surface area contributed by atoms with Crippen LogP contribution < -0.4 is 4.74 Å². The molecule has 1 aromatic heterocycles. The Morgan fingerprint density at radius 1 is 1.06 bits per heavy atom. The van der Waals surface area contributed by atoms with Crippen LogP contribution in [0.4, 0.5) is 0 Å². The van der Waals surface area contributed by atoms with Gasteiger partial charge in [-0.3, -0.25) is 14.7 Å². The van der Waals surface area contributed by atoms with Crippen LogP contribution in [0.1, 0.15) is 46.6 Å². The maximum absolute atomic E-state index is 13.7. The second kappa shape index (κ2) is 9.35. The lowest BCUT2D eigenvalue weighted by Gasteiger charge is -2.35. The number of hydrogen-bond acceptors (Lipinski definition) is 5. The molecule has 2 atom stereocenters. The van der Waals surface area contributed by atoms with Crippen LogP contribution in [0.3, 0.4) is 0 Å². The fourth-order valence-electron chi connectivity index (χ4n) is 5.21. The van der Waals surface area contributed by atoms with Gasteiger partial charge in [-0.1, -0.05) is 17.7 Å². The Morgan fingerprint density at radius 3 is 2.65 bits per heavy atom. The molecule has 178 valence electrons. The number of ether oxygens (including phenoxy) is 2. The maximum Gasteiger partial charge on any atom is 0.255 e. The van der Waals surface area contributed by atoms with E-state index in [2.05, 4.69) is 48.0 Å². The molecule has 6 heteroatoms. The van der Waals surface area contributed by atoms with Crippen molar-refractivity contribution in [3.63, 3.8) is 0 Å². The number of morpholine rings is 1. The van der Waals surface area contributed by atoms with Crippen LogP contribution in [0.15, 0.2) is 42.5 Å². The fourth-order valence-corrected chi connectivity index (χ4v) is 5.21. The van der Waals surface area contributed by atoms with Crippen molar-refractivity contribution in [2.24, 2.45) is 0 Å². The first-order valence-electron chi connectivity index (χ1n) is 12.2. The number of rotatable bonds is 3. The molecule has 3 aromatic rings. The summed E-state index contributed by atoms with van der Waals surface area (Å²) < 4.78 is 11.9. The normalized spacial score (nSPS) is 21.1. The zero-order valence-electron chi connectivity index (χ0n) is 20.5. The number of carbonyl (C=O) groups excluding carboxylic acids is 1. The summed E-state index contributed by atoms with van der Waals surface area (Å²) in [6.07, 6.45) is 0.478. The molecular formula is C28H33N3O3. The average molecular weight is 460 g/mol. The molecule has 34 heavy (non-hydrogen) atoms. The van der Waals surface area contributed by atoms with Crippen LogP contribution in [-0.4, -0.2) is 59.1 Å². The second-order valence-electron chi connectivity index (χ2n) is 9.80. The largest absolute Gasteiger partial charge is 0.491 e. The third-order valence-corrected chi connectivity index (χ3v) is 6.62. The van der Waals surface area contributed by atoms with Crippen LogP contribution in [0.5, 0.6) is 5.75 Å². The van der Waals surface area contributed by atoms with Gasteiger partial charge in [0.25, 0.3) is 5.91 Å². The predicted molar refractivity (Wildman–Crippen MR) is 133 cm³/mol. The molecule has 0 unspecified atom stereocenters. The number of aryl methyl sites for hydroxylation is 2. The molecule has 0 bridgehead atoms. The Balaban J connectivity index is 1.40. The van der Waals surface area contributed by atoms with Crippen molar-refractivity contribution in [3.05, 3.63) is 70.4 Å². The molecule has 2 aromatic carbocycles. The molecule has 0 radical (unpaired) electrons. The lowest BCUT2D eigenvalue weighted by Crippen LogP contribution is -2.44. The lowest BCUT2D eigenvalue weighted by atomic mass is 10.0. The van der Waals surface area contributed by atoms with E-state index in [1.165, 1.54) is 5.56 Å². The van der Waals surface area contributed by atoms with Crippen molar-refractivity contribution in [1.29, 1.82) is 0 Å². The van der Waals surface area contributed by atoms with Crippen molar-refractivity contribution < 1.29 is 14.3 Å². The number of hydrogen-bond donors (Lipinski definition) is 0. The lowest BCUT2D eigenvalue weighted by molar-refractivity contribution is -0.0705. The molecule has 1 saturated heterocycles. The topological polar surface area (TPSA) is 54.9 Å². The van der Waals surface area contributed by atoms with E-state index in [-0.39, 0.29) is 18.1 Å². The Bertz CT molecular complexity index is 1210. The summed E-state index contributed by atoms with van der Waals surface area (Å²) in [6.45, 7) is 12.5. The van der Waals surface area contributed by atoms with E-state index in [9.17, 15) is 4.79 Å². The molecule has 1 fully saturated rings. The highest BCUT2D eigenvalue weighted by atomic mass is 16.5. The number of aromatic nitrogens is 1. The molecular weight excluding hydrogens is 426 g/mol. The predicted octanol–water partition coefficient (Wildman–Crippen LogP) is 4.50. The van der Waals surface area contributed by atoms with Crippen molar-refractivity contribution >= 4 is 16.8 Å². The number of nitrogens with zero attached hydrogens (tertiary/aromatic N) is 3. The van der Waals surface area contributed by atoms with Gasteiger partial charge >= 0.3 is 0 Å². The van der Waals surface area contributed by atoms with E-state index in [1.54, 1.807) is 0 Å². The first kappa shape index (κ1) is 22.8. The Hall–Kier alpha value is -2.96. The standard InChI is InChI=1S/C28H33N3O3/c1-18-5-7-26-24(11-18)25(12-19(2)29-26)28(32)31-9-10-33-27-8-6-22(13-23(27)17-31)16-30-14-20(3)34-21(4)15-30/h5-8,11-13,20-21H,9-10,14-17H2,1-4H3/t20-,21+. The quantitative estimate of drug-likeness (QED) is 0.577. The molecule has 5 rings (SSSR count). The Morgan fingerprint density at radius 2 is 1.85 bits per heavy atom. The van der Waals surface area contributed by atoms with Crippen LogP contribution in [0, 0.1) is 13.8 Å². The molecule has 6 nitrogen and oxygen atoms in total. The van der Waals surface area contributed by atoms with Gasteiger partial charge in [0.1, 0.15) is 12.4 Å².